The highest BCUT2D eigenvalue weighted by Gasteiger charge is 2.26. The monoisotopic (exact) mass is 374 g/mol. The van der Waals surface area contributed by atoms with Gasteiger partial charge in [-0.1, -0.05) is 6.07 Å². The van der Waals surface area contributed by atoms with Crippen molar-refractivity contribution in [3.8, 4) is 0 Å². The summed E-state index contributed by atoms with van der Waals surface area (Å²) in [6, 6.07) is 11.5. The number of anilines is 2. The predicted octanol–water partition coefficient (Wildman–Crippen LogP) is 3.34. The van der Waals surface area contributed by atoms with E-state index in [0.717, 1.165) is 31.0 Å². The maximum absolute atomic E-state index is 12.8. The smallest absolute Gasteiger partial charge is 0.272 e. The molecule has 0 bridgehead atoms. The minimum Gasteiger partial charge on any atom is -0.337 e. The van der Waals surface area contributed by atoms with Crippen LogP contribution in [-0.4, -0.2) is 43.8 Å². The molecule has 0 unspecified atom stereocenters. The second-order valence-electron chi connectivity index (χ2n) is 6.89. The van der Waals surface area contributed by atoms with E-state index in [1.54, 1.807) is 31.6 Å². The van der Waals surface area contributed by atoms with Crippen LogP contribution in [0, 0.1) is 6.92 Å². The first-order valence-electron chi connectivity index (χ1n) is 9.42. The fraction of sp³-hybridized carbons (Fsp3) is 0.286. The first kappa shape index (κ1) is 18.0. The van der Waals surface area contributed by atoms with Gasteiger partial charge in [0.1, 0.15) is 23.2 Å². The number of carbonyl (C=O) groups excluding carboxylic acids is 1. The minimum atomic E-state index is -0.0314. The molecule has 142 valence electrons. The highest BCUT2D eigenvalue weighted by molar-refractivity contribution is 5.92. The Morgan fingerprint density at radius 1 is 1.07 bits per heavy atom. The topological polar surface area (TPSA) is 83.9 Å². The Morgan fingerprint density at radius 2 is 1.93 bits per heavy atom. The second kappa shape index (κ2) is 8.12. The normalized spacial score (nSPS) is 16.6. The van der Waals surface area contributed by atoms with Crippen molar-refractivity contribution >= 4 is 17.5 Å². The molecule has 1 atom stereocenters. The van der Waals surface area contributed by atoms with Crippen molar-refractivity contribution < 1.29 is 4.79 Å². The molecule has 1 aliphatic rings. The molecule has 0 saturated carbocycles. The summed E-state index contributed by atoms with van der Waals surface area (Å²) in [6.45, 7) is 3.22. The molecular weight excluding hydrogens is 352 g/mol. The van der Waals surface area contributed by atoms with Gasteiger partial charge in [-0.25, -0.2) is 19.9 Å². The summed E-state index contributed by atoms with van der Waals surface area (Å²) in [6.07, 6.45) is 7.18. The molecule has 3 aromatic heterocycles. The van der Waals surface area contributed by atoms with Crippen LogP contribution >= 0.6 is 0 Å². The summed E-state index contributed by atoms with van der Waals surface area (Å²) >= 11 is 0. The molecule has 1 N–H and O–H groups in total. The van der Waals surface area contributed by atoms with Crippen LogP contribution < -0.4 is 5.32 Å². The first-order chi connectivity index (χ1) is 13.7. The summed E-state index contributed by atoms with van der Waals surface area (Å²) in [5.74, 6) is 2.36. The molecule has 1 saturated heterocycles. The molecule has 0 radical (unpaired) electrons. The minimum absolute atomic E-state index is 0.0314. The van der Waals surface area contributed by atoms with E-state index in [1.165, 1.54) is 5.56 Å². The van der Waals surface area contributed by atoms with Gasteiger partial charge in [0.05, 0.1) is 0 Å². The third kappa shape index (κ3) is 4.14. The van der Waals surface area contributed by atoms with Gasteiger partial charge in [0.2, 0.25) is 0 Å². The van der Waals surface area contributed by atoms with Gasteiger partial charge in [0, 0.05) is 37.6 Å². The van der Waals surface area contributed by atoms with Gasteiger partial charge >= 0.3 is 0 Å². The van der Waals surface area contributed by atoms with E-state index in [0.29, 0.717) is 18.1 Å². The molecule has 1 fully saturated rings. The number of aromatic nitrogens is 4. The van der Waals surface area contributed by atoms with E-state index in [9.17, 15) is 4.79 Å². The van der Waals surface area contributed by atoms with E-state index in [1.807, 2.05) is 35.2 Å². The highest BCUT2D eigenvalue weighted by Crippen LogP contribution is 2.29. The molecule has 7 heteroatoms. The maximum Gasteiger partial charge on any atom is 0.272 e. The van der Waals surface area contributed by atoms with Crippen molar-refractivity contribution in [2.45, 2.75) is 25.7 Å². The molecule has 4 rings (SSSR count). The molecule has 1 aliphatic heterocycles. The molecule has 4 heterocycles. The Morgan fingerprint density at radius 3 is 2.75 bits per heavy atom. The summed E-state index contributed by atoms with van der Waals surface area (Å²) in [4.78, 5) is 31.8. The van der Waals surface area contributed by atoms with Gasteiger partial charge in [-0.05, 0) is 55.7 Å². The van der Waals surface area contributed by atoms with Crippen LogP contribution in [0.5, 0.6) is 0 Å². The Hall–Kier alpha value is -3.35. The number of carbonyl (C=O) groups is 1. The van der Waals surface area contributed by atoms with E-state index in [-0.39, 0.29) is 11.8 Å². The van der Waals surface area contributed by atoms with E-state index < -0.39 is 0 Å². The number of nitrogens with one attached hydrogen (secondary N) is 1. The molecule has 0 spiro atoms. The van der Waals surface area contributed by atoms with Crippen molar-refractivity contribution in [1.82, 2.24) is 24.8 Å². The van der Waals surface area contributed by atoms with E-state index >= 15 is 0 Å². The Bertz CT molecular complexity index is 962. The van der Waals surface area contributed by atoms with Crippen LogP contribution in [0.25, 0.3) is 0 Å². The highest BCUT2D eigenvalue weighted by atomic mass is 16.2. The number of hydrogen-bond donors (Lipinski definition) is 1. The number of nitrogens with zero attached hydrogens (tertiary/aromatic N) is 5. The molecule has 1 amide bonds. The van der Waals surface area contributed by atoms with Crippen LogP contribution in [0.2, 0.25) is 0 Å². The SMILES string of the molecule is Cc1nccc(C(=O)N2CCC[C@H](c3ccnc(Nc4ccccn4)c3)C2)n1. The van der Waals surface area contributed by atoms with Crippen molar-refractivity contribution in [1.29, 1.82) is 0 Å². The summed E-state index contributed by atoms with van der Waals surface area (Å²) in [7, 11) is 0. The van der Waals surface area contributed by atoms with Gasteiger partial charge < -0.3 is 10.2 Å². The first-order valence-corrected chi connectivity index (χ1v) is 9.42. The van der Waals surface area contributed by atoms with Crippen LogP contribution in [-0.2, 0) is 0 Å². The number of hydrogen-bond acceptors (Lipinski definition) is 6. The Balaban J connectivity index is 1.48. The van der Waals surface area contributed by atoms with Crippen LogP contribution in [0.4, 0.5) is 11.6 Å². The van der Waals surface area contributed by atoms with Crippen molar-refractivity contribution in [2.24, 2.45) is 0 Å². The zero-order valence-electron chi connectivity index (χ0n) is 15.7. The lowest BCUT2D eigenvalue weighted by Gasteiger charge is -2.33. The largest absolute Gasteiger partial charge is 0.337 e. The van der Waals surface area contributed by atoms with Gasteiger partial charge in [0.15, 0.2) is 0 Å². The predicted molar refractivity (Wildman–Crippen MR) is 106 cm³/mol. The summed E-state index contributed by atoms with van der Waals surface area (Å²) in [5.41, 5.74) is 1.63. The maximum atomic E-state index is 12.8. The van der Waals surface area contributed by atoms with Crippen molar-refractivity contribution in [2.75, 3.05) is 18.4 Å². The second-order valence-corrected chi connectivity index (χ2v) is 6.89. The quantitative estimate of drug-likeness (QED) is 0.754. The van der Waals surface area contributed by atoms with Gasteiger partial charge in [-0.3, -0.25) is 4.79 Å². The lowest BCUT2D eigenvalue weighted by atomic mass is 9.91. The van der Waals surface area contributed by atoms with Gasteiger partial charge in [0.25, 0.3) is 5.91 Å². The Kier molecular flexibility index (Phi) is 5.23. The third-order valence-electron chi connectivity index (χ3n) is 4.88. The van der Waals surface area contributed by atoms with Crippen LogP contribution in [0.3, 0.4) is 0 Å². The van der Waals surface area contributed by atoms with Gasteiger partial charge in [-0.15, -0.1) is 0 Å². The molecule has 28 heavy (non-hydrogen) atoms. The number of aryl methyl sites for hydroxylation is 1. The number of piperidine rings is 1. The fourth-order valence-corrected chi connectivity index (χ4v) is 3.51. The van der Waals surface area contributed by atoms with E-state index in [2.05, 4.69) is 25.3 Å². The number of likely N-dealkylation sites (tertiary alicyclic amines) is 1. The molecule has 7 nitrogen and oxygen atoms in total. The summed E-state index contributed by atoms with van der Waals surface area (Å²) < 4.78 is 0. The number of rotatable bonds is 4. The van der Waals surface area contributed by atoms with Crippen LogP contribution in [0.15, 0.2) is 55.0 Å². The zero-order valence-corrected chi connectivity index (χ0v) is 15.7. The lowest BCUT2D eigenvalue weighted by Crippen LogP contribution is -2.39. The zero-order chi connectivity index (χ0) is 19.3. The standard InChI is InChI=1S/C21H22N6O/c1-15-22-11-8-18(25-15)21(28)27-12-4-5-17(14-27)16-7-10-24-20(13-16)26-19-6-2-3-9-23-19/h2-3,6-11,13,17H,4-5,12,14H2,1H3,(H,23,24,26)/t17-/m0/s1. The van der Waals surface area contributed by atoms with Crippen LogP contribution in [0.1, 0.15) is 40.6 Å². The summed E-state index contributed by atoms with van der Waals surface area (Å²) in [5, 5.41) is 3.23. The van der Waals surface area contributed by atoms with Gasteiger partial charge in [-0.2, -0.15) is 0 Å². The molecule has 0 aliphatic carbocycles. The average molecular weight is 374 g/mol. The Labute approximate surface area is 163 Å². The number of pyridine rings is 2. The number of amides is 1. The molecule has 0 aromatic carbocycles. The van der Waals surface area contributed by atoms with E-state index in [4.69, 9.17) is 0 Å². The molecular formula is C21H22N6O. The lowest BCUT2D eigenvalue weighted by molar-refractivity contribution is 0.0700. The average Bonchev–Trinajstić information content (AvgIpc) is 2.74. The third-order valence-corrected chi connectivity index (χ3v) is 4.88. The van der Waals surface area contributed by atoms with Crippen molar-refractivity contribution in [3.05, 3.63) is 72.1 Å². The molecule has 3 aromatic rings. The fourth-order valence-electron chi connectivity index (χ4n) is 3.51. The van der Waals surface area contributed by atoms with Crippen molar-refractivity contribution in [3.63, 3.8) is 0 Å².